The Morgan fingerprint density at radius 1 is 1.15 bits per heavy atom. The van der Waals surface area contributed by atoms with Crippen molar-refractivity contribution in [2.24, 2.45) is 0 Å². The zero-order valence-electron chi connectivity index (χ0n) is 8.63. The van der Waals surface area contributed by atoms with Crippen LogP contribution in [-0.4, -0.2) is 12.6 Å². The highest BCUT2D eigenvalue weighted by Crippen LogP contribution is 2.23. The minimum Gasteiger partial charge on any atom is -0.367 e. The van der Waals surface area contributed by atoms with Gasteiger partial charge in [-0.2, -0.15) is 0 Å². The van der Waals surface area contributed by atoms with Crippen molar-refractivity contribution in [2.75, 3.05) is 11.9 Å². The molecule has 13 heavy (non-hydrogen) atoms. The number of hydrogen-bond acceptors (Lipinski definition) is 1. The normalized spacial score (nSPS) is 11.5. The molecule has 2 heteroatoms. The van der Waals surface area contributed by atoms with Crippen molar-refractivity contribution < 1.29 is 4.39 Å². The molecule has 0 aliphatic heterocycles. The van der Waals surface area contributed by atoms with Gasteiger partial charge in [-0.1, -0.05) is 12.1 Å². The third kappa shape index (κ3) is 2.20. The fourth-order valence-electron chi connectivity index (χ4n) is 1.09. The summed E-state index contributed by atoms with van der Waals surface area (Å²) in [4.78, 5) is 1.93. The molecule has 0 aliphatic carbocycles. The zero-order chi connectivity index (χ0) is 10.1. The number of hydrogen-bond donors (Lipinski definition) is 0. The van der Waals surface area contributed by atoms with Crippen LogP contribution in [0.25, 0.3) is 0 Å². The molecule has 1 nitrogen and oxygen atoms in total. The molecule has 0 N–H and O–H groups in total. The van der Waals surface area contributed by atoms with Gasteiger partial charge in [0.2, 0.25) is 0 Å². The maximum Gasteiger partial charge on any atom is 0.146 e. The monoisotopic (exact) mass is 181 g/mol. The fraction of sp³-hybridized carbons (Fsp3) is 0.455. The number of benzene rings is 1. The first kappa shape index (κ1) is 10.0. The molecule has 1 aromatic rings. The van der Waals surface area contributed by atoms with Crippen molar-refractivity contribution >= 4 is 5.69 Å². The van der Waals surface area contributed by atoms with Gasteiger partial charge in [0.15, 0.2) is 0 Å². The summed E-state index contributed by atoms with van der Waals surface area (Å²) in [5, 5.41) is 0. The summed E-state index contributed by atoms with van der Waals surface area (Å²) in [5.74, 6) is -0.167. The molecule has 0 unspecified atom stereocenters. The van der Waals surface area contributed by atoms with Gasteiger partial charge in [0, 0.05) is 12.6 Å². The van der Waals surface area contributed by atoms with Gasteiger partial charge in [-0.25, -0.2) is 4.39 Å². The van der Waals surface area contributed by atoms with Crippen LogP contribution in [-0.2, 0) is 0 Å². The Hall–Kier alpha value is -1.05. The molecule has 0 amide bonds. The molecule has 0 saturated heterocycles. The van der Waals surface area contributed by atoms with E-state index >= 15 is 0 Å². The number of anilines is 1. The molecule has 72 valence electrons. The van der Waals surface area contributed by atoms with Crippen molar-refractivity contribution in [3.8, 4) is 0 Å². The second kappa shape index (κ2) is 3.36. The molecule has 0 radical (unpaired) electrons. The Kier molecular flexibility index (Phi) is 2.60. The van der Waals surface area contributed by atoms with Crippen LogP contribution in [0.5, 0.6) is 0 Å². The van der Waals surface area contributed by atoms with Crippen molar-refractivity contribution in [1.82, 2.24) is 0 Å². The molecule has 0 aliphatic rings. The third-order valence-electron chi connectivity index (χ3n) is 2.22. The summed E-state index contributed by atoms with van der Waals surface area (Å²) in [6.45, 7) is 6.17. The van der Waals surface area contributed by atoms with Crippen LogP contribution in [0.3, 0.4) is 0 Å². The predicted molar refractivity (Wildman–Crippen MR) is 54.6 cm³/mol. The van der Waals surface area contributed by atoms with Crippen LogP contribution in [0, 0.1) is 5.82 Å². The van der Waals surface area contributed by atoms with Gasteiger partial charge in [0.1, 0.15) is 5.82 Å². The molecule has 1 rings (SSSR count). The van der Waals surface area contributed by atoms with Gasteiger partial charge in [0.25, 0.3) is 0 Å². The molecule has 1 aromatic carbocycles. The summed E-state index contributed by atoms with van der Waals surface area (Å²) >= 11 is 0. The first-order chi connectivity index (χ1) is 5.93. The maximum atomic E-state index is 13.3. The SMILES string of the molecule is CN(c1ccccc1F)C(C)(C)C. The van der Waals surface area contributed by atoms with E-state index in [2.05, 4.69) is 20.8 Å². The fourth-order valence-corrected chi connectivity index (χ4v) is 1.09. The lowest BCUT2D eigenvalue weighted by molar-refractivity contribution is 0.522. The molecular formula is C11H16FN. The third-order valence-corrected chi connectivity index (χ3v) is 2.22. The Labute approximate surface area is 79.2 Å². The lowest BCUT2D eigenvalue weighted by Crippen LogP contribution is -2.38. The van der Waals surface area contributed by atoms with Crippen molar-refractivity contribution in [1.29, 1.82) is 0 Å². The highest BCUT2D eigenvalue weighted by Gasteiger charge is 2.19. The number of para-hydroxylation sites is 1. The average molecular weight is 181 g/mol. The van der Waals surface area contributed by atoms with E-state index in [0.29, 0.717) is 5.69 Å². The van der Waals surface area contributed by atoms with Crippen LogP contribution in [0.2, 0.25) is 0 Å². The van der Waals surface area contributed by atoms with E-state index in [-0.39, 0.29) is 11.4 Å². The van der Waals surface area contributed by atoms with Crippen LogP contribution in [0.4, 0.5) is 10.1 Å². The van der Waals surface area contributed by atoms with E-state index in [4.69, 9.17) is 0 Å². The Bertz CT molecular complexity index is 288. The van der Waals surface area contributed by atoms with E-state index in [1.807, 2.05) is 18.0 Å². The van der Waals surface area contributed by atoms with Crippen LogP contribution >= 0.6 is 0 Å². The summed E-state index contributed by atoms with van der Waals surface area (Å²) in [6, 6.07) is 6.83. The molecule has 0 spiro atoms. The minimum atomic E-state index is -0.167. The zero-order valence-corrected chi connectivity index (χ0v) is 8.63. The quantitative estimate of drug-likeness (QED) is 0.643. The van der Waals surface area contributed by atoms with Gasteiger partial charge in [-0.05, 0) is 32.9 Å². The van der Waals surface area contributed by atoms with Gasteiger partial charge in [-0.3, -0.25) is 0 Å². The van der Waals surface area contributed by atoms with E-state index < -0.39 is 0 Å². The van der Waals surface area contributed by atoms with Gasteiger partial charge < -0.3 is 4.90 Å². The maximum absolute atomic E-state index is 13.3. The number of halogens is 1. The largest absolute Gasteiger partial charge is 0.367 e. The first-order valence-electron chi connectivity index (χ1n) is 4.41. The van der Waals surface area contributed by atoms with Crippen LogP contribution in [0.15, 0.2) is 24.3 Å². The number of rotatable bonds is 1. The van der Waals surface area contributed by atoms with Crippen LogP contribution < -0.4 is 4.90 Å². The minimum absolute atomic E-state index is 0.0534. The van der Waals surface area contributed by atoms with Crippen LogP contribution in [0.1, 0.15) is 20.8 Å². The summed E-state index contributed by atoms with van der Waals surface area (Å²) in [5.41, 5.74) is 0.595. The first-order valence-corrected chi connectivity index (χ1v) is 4.41. The van der Waals surface area contributed by atoms with Gasteiger partial charge in [0.05, 0.1) is 5.69 Å². The van der Waals surface area contributed by atoms with Crippen molar-refractivity contribution in [3.05, 3.63) is 30.1 Å². The summed E-state index contributed by atoms with van der Waals surface area (Å²) in [6.07, 6.45) is 0. The van der Waals surface area contributed by atoms with E-state index in [9.17, 15) is 4.39 Å². The van der Waals surface area contributed by atoms with Crippen molar-refractivity contribution in [2.45, 2.75) is 26.3 Å². The summed E-state index contributed by atoms with van der Waals surface area (Å²) < 4.78 is 13.3. The lowest BCUT2D eigenvalue weighted by Gasteiger charge is -2.34. The predicted octanol–water partition coefficient (Wildman–Crippen LogP) is 3.06. The molecule has 0 saturated carbocycles. The Morgan fingerprint density at radius 3 is 2.15 bits per heavy atom. The Morgan fingerprint density at radius 2 is 1.69 bits per heavy atom. The van der Waals surface area contributed by atoms with Gasteiger partial charge in [-0.15, -0.1) is 0 Å². The highest BCUT2D eigenvalue weighted by atomic mass is 19.1. The second-order valence-corrected chi connectivity index (χ2v) is 4.18. The molecule has 0 fully saturated rings. The average Bonchev–Trinajstić information content (AvgIpc) is 2.02. The molecule has 0 heterocycles. The van der Waals surface area contributed by atoms with Gasteiger partial charge >= 0.3 is 0 Å². The molecule has 0 aromatic heterocycles. The van der Waals surface area contributed by atoms with E-state index in [0.717, 1.165) is 0 Å². The smallest absolute Gasteiger partial charge is 0.146 e. The highest BCUT2D eigenvalue weighted by molar-refractivity contribution is 5.48. The van der Waals surface area contributed by atoms with E-state index in [1.165, 1.54) is 6.07 Å². The number of nitrogens with zero attached hydrogens (tertiary/aromatic N) is 1. The lowest BCUT2D eigenvalue weighted by atomic mass is 10.1. The van der Waals surface area contributed by atoms with E-state index in [1.54, 1.807) is 12.1 Å². The second-order valence-electron chi connectivity index (χ2n) is 4.18. The Balaban J connectivity index is 3.02. The molecular weight excluding hydrogens is 165 g/mol. The summed E-state index contributed by atoms with van der Waals surface area (Å²) in [7, 11) is 1.90. The molecule has 0 bridgehead atoms. The van der Waals surface area contributed by atoms with Crippen molar-refractivity contribution in [3.63, 3.8) is 0 Å². The molecule has 0 atom stereocenters. The topological polar surface area (TPSA) is 3.24 Å². The standard InChI is InChI=1S/C11H16FN/c1-11(2,3)13(4)10-8-6-5-7-9(10)12/h5-8H,1-4H3.